The molecular weight excluding hydrogens is 351 g/mol. The minimum Gasteiger partial charge on any atom is -0.354 e. The van der Waals surface area contributed by atoms with Crippen molar-refractivity contribution in [1.82, 2.24) is 24.0 Å². The molecule has 0 fully saturated rings. The van der Waals surface area contributed by atoms with Crippen LogP contribution in [0.1, 0.15) is 12.5 Å². The Kier molecular flexibility index (Phi) is 5.41. The highest BCUT2D eigenvalue weighted by Gasteiger charge is 2.19. The average Bonchev–Trinajstić information content (AvgIpc) is 2.99. The van der Waals surface area contributed by atoms with Gasteiger partial charge in [0, 0.05) is 32.7 Å². The Morgan fingerprint density at radius 2 is 1.85 bits per heavy atom. The van der Waals surface area contributed by atoms with E-state index in [-0.39, 0.29) is 12.1 Å². The van der Waals surface area contributed by atoms with Gasteiger partial charge in [0.15, 0.2) is 11.2 Å². The average molecular weight is 374 g/mol. The first-order valence-electron chi connectivity index (χ1n) is 8.80. The quantitative estimate of drug-likeness (QED) is 0.593. The molecule has 0 amide bonds. The molecule has 8 nitrogen and oxygen atoms in total. The highest BCUT2D eigenvalue weighted by atomic mass is 19.1. The number of hydrogen-bond acceptors (Lipinski definition) is 5. The number of nitrogens with zero attached hydrogens (tertiary/aromatic N) is 4. The first kappa shape index (κ1) is 18.8. The third kappa shape index (κ3) is 3.50. The first-order chi connectivity index (χ1) is 13.0. The smallest absolute Gasteiger partial charge is 0.332 e. The molecule has 9 heteroatoms. The third-order valence-corrected chi connectivity index (χ3v) is 4.48. The Morgan fingerprint density at radius 3 is 2.56 bits per heavy atom. The summed E-state index contributed by atoms with van der Waals surface area (Å²) in [5.74, 6) is 0.0426. The molecule has 3 aromatic rings. The molecule has 0 aliphatic rings. The van der Waals surface area contributed by atoms with E-state index in [1.165, 1.54) is 10.6 Å². The van der Waals surface area contributed by atoms with Gasteiger partial charge in [0.2, 0.25) is 5.95 Å². The molecule has 0 bridgehead atoms. The second-order valence-electron chi connectivity index (χ2n) is 6.27. The summed E-state index contributed by atoms with van der Waals surface area (Å²) in [6.45, 7) is 4.11. The number of hydrogen-bond donors (Lipinski definition) is 2. The zero-order valence-corrected chi connectivity index (χ0v) is 15.6. The van der Waals surface area contributed by atoms with Gasteiger partial charge in [-0.25, -0.2) is 9.18 Å². The van der Waals surface area contributed by atoms with Gasteiger partial charge in [-0.05, 0) is 12.6 Å². The van der Waals surface area contributed by atoms with Crippen LogP contribution in [-0.4, -0.2) is 38.3 Å². The lowest BCUT2D eigenvalue weighted by molar-refractivity contribution is 0.582. The third-order valence-electron chi connectivity index (χ3n) is 4.48. The van der Waals surface area contributed by atoms with Crippen LogP contribution in [0.4, 0.5) is 10.3 Å². The summed E-state index contributed by atoms with van der Waals surface area (Å²) in [4.78, 5) is 30.0. The maximum atomic E-state index is 14.0. The van der Waals surface area contributed by atoms with Crippen molar-refractivity contribution in [2.45, 2.75) is 13.5 Å². The molecule has 2 heterocycles. The highest BCUT2D eigenvalue weighted by Crippen LogP contribution is 2.13. The van der Waals surface area contributed by atoms with E-state index >= 15 is 0 Å². The molecule has 0 radical (unpaired) electrons. The van der Waals surface area contributed by atoms with Gasteiger partial charge >= 0.3 is 5.69 Å². The number of halogens is 1. The standard InChI is InChI=1S/C18H23FN6O2/c1-4-20-9-10-21-17-22-15-14(23(17)2)16(26)25(18(27)24(15)3)11-12-7-5-6-8-13(12)19/h5-8,20H,4,9-11H2,1-3H3,(H,21,22). The number of imidazole rings is 1. The van der Waals surface area contributed by atoms with E-state index in [0.29, 0.717) is 23.7 Å². The summed E-state index contributed by atoms with van der Waals surface area (Å²) in [7, 11) is 3.27. The summed E-state index contributed by atoms with van der Waals surface area (Å²) in [6.07, 6.45) is 0. The van der Waals surface area contributed by atoms with Crippen LogP contribution in [0.5, 0.6) is 0 Å². The van der Waals surface area contributed by atoms with Crippen LogP contribution in [0.25, 0.3) is 11.2 Å². The minimum absolute atomic E-state index is 0.136. The number of rotatable bonds is 7. The van der Waals surface area contributed by atoms with Crippen molar-refractivity contribution in [2.75, 3.05) is 25.0 Å². The van der Waals surface area contributed by atoms with Crippen molar-refractivity contribution in [3.05, 3.63) is 56.5 Å². The molecule has 0 spiro atoms. The molecule has 0 unspecified atom stereocenters. The fourth-order valence-corrected chi connectivity index (χ4v) is 2.98. The zero-order valence-electron chi connectivity index (χ0n) is 15.6. The lowest BCUT2D eigenvalue weighted by Gasteiger charge is -2.09. The summed E-state index contributed by atoms with van der Waals surface area (Å²) in [6, 6.07) is 6.10. The molecule has 0 aliphatic heterocycles. The lowest BCUT2D eigenvalue weighted by atomic mass is 10.2. The Balaban J connectivity index is 2.07. The van der Waals surface area contributed by atoms with Crippen molar-refractivity contribution in [2.24, 2.45) is 14.1 Å². The van der Waals surface area contributed by atoms with E-state index in [1.807, 2.05) is 6.92 Å². The summed E-state index contributed by atoms with van der Waals surface area (Å²) >= 11 is 0. The molecule has 2 N–H and O–H groups in total. The maximum Gasteiger partial charge on any atom is 0.332 e. The number of fused-ring (bicyclic) bond motifs is 1. The minimum atomic E-state index is -0.534. The Hall–Kier alpha value is -2.94. The van der Waals surface area contributed by atoms with Gasteiger partial charge in [-0.1, -0.05) is 25.1 Å². The van der Waals surface area contributed by atoms with E-state index in [9.17, 15) is 14.0 Å². The largest absolute Gasteiger partial charge is 0.354 e. The van der Waals surface area contributed by atoms with Gasteiger partial charge in [-0.3, -0.25) is 13.9 Å². The fourth-order valence-electron chi connectivity index (χ4n) is 2.98. The monoisotopic (exact) mass is 374 g/mol. The van der Waals surface area contributed by atoms with E-state index in [0.717, 1.165) is 17.7 Å². The van der Waals surface area contributed by atoms with Gasteiger partial charge < -0.3 is 15.2 Å². The van der Waals surface area contributed by atoms with E-state index < -0.39 is 17.1 Å². The van der Waals surface area contributed by atoms with Crippen molar-refractivity contribution in [3.63, 3.8) is 0 Å². The summed E-state index contributed by atoms with van der Waals surface area (Å²) in [5.41, 5.74) is -0.163. The SMILES string of the molecule is CCNCCNc1nc2c(c(=O)n(Cc3ccccc3F)c(=O)n2C)n1C. The van der Waals surface area contributed by atoms with Gasteiger partial charge in [-0.15, -0.1) is 0 Å². The molecule has 27 heavy (non-hydrogen) atoms. The van der Waals surface area contributed by atoms with Gasteiger partial charge in [0.25, 0.3) is 5.56 Å². The number of anilines is 1. The lowest BCUT2D eigenvalue weighted by Crippen LogP contribution is -2.40. The zero-order chi connectivity index (χ0) is 19.6. The van der Waals surface area contributed by atoms with Gasteiger partial charge in [0.05, 0.1) is 6.54 Å². The second kappa shape index (κ2) is 7.75. The van der Waals surface area contributed by atoms with Crippen LogP contribution in [0.3, 0.4) is 0 Å². The molecule has 1 aromatic carbocycles. The molecule has 2 aromatic heterocycles. The molecule has 144 valence electrons. The molecular formula is C18H23FN6O2. The van der Waals surface area contributed by atoms with Crippen LogP contribution in [0, 0.1) is 5.82 Å². The van der Waals surface area contributed by atoms with Gasteiger partial charge in [0.1, 0.15) is 5.82 Å². The Bertz CT molecular complexity index is 1080. The van der Waals surface area contributed by atoms with E-state index in [4.69, 9.17) is 0 Å². The molecule has 0 atom stereocenters. The van der Waals surface area contributed by atoms with Crippen LogP contribution < -0.4 is 21.9 Å². The number of aromatic nitrogens is 4. The van der Waals surface area contributed by atoms with Gasteiger partial charge in [-0.2, -0.15) is 4.98 Å². The second-order valence-corrected chi connectivity index (χ2v) is 6.27. The van der Waals surface area contributed by atoms with Crippen LogP contribution >= 0.6 is 0 Å². The number of aryl methyl sites for hydroxylation is 2. The predicted molar refractivity (Wildman–Crippen MR) is 103 cm³/mol. The Labute approximate surface area is 155 Å². The molecule has 3 rings (SSSR count). The number of benzene rings is 1. The van der Waals surface area contributed by atoms with E-state index in [1.54, 1.807) is 36.9 Å². The molecule has 0 aliphatic carbocycles. The van der Waals surface area contributed by atoms with Crippen molar-refractivity contribution in [3.8, 4) is 0 Å². The predicted octanol–water partition coefficient (Wildman–Crippen LogP) is 0.642. The summed E-state index contributed by atoms with van der Waals surface area (Å²) in [5, 5.41) is 6.34. The van der Waals surface area contributed by atoms with Crippen molar-refractivity contribution in [1.29, 1.82) is 0 Å². The fraction of sp³-hybridized carbons (Fsp3) is 0.389. The van der Waals surface area contributed by atoms with Crippen molar-refractivity contribution < 1.29 is 4.39 Å². The summed E-state index contributed by atoms with van der Waals surface area (Å²) < 4.78 is 18.0. The highest BCUT2D eigenvalue weighted by molar-refractivity contribution is 5.74. The number of nitrogens with one attached hydrogen (secondary N) is 2. The van der Waals surface area contributed by atoms with Crippen molar-refractivity contribution >= 4 is 17.1 Å². The first-order valence-corrected chi connectivity index (χ1v) is 8.80. The molecule has 0 saturated carbocycles. The van der Waals surface area contributed by atoms with E-state index in [2.05, 4.69) is 15.6 Å². The van der Waals surface area contributed by atoms with Crippen LogP contribution in [-0.2, 0) is 20.6 Å². The number of likely N-dealkylation sites (N-methyl/N-ethyl adjacent to an activating group) is 1. The Morgan fingerprint density at radius 1 is 1.11 bits per heavy atom. The topological polar surface area (TPSA) is 85.9 Å². The normalized spacial score (nSPS) is 11.3. The van der Waals surface area contributed by atoms with Crippen LogP contribution in [0.2, 0.25) is 0 Å². The maximum absolute atomic E-state index is 14.0. The van der Waals surface area contributed by atoms with Crippen LogP contribution in [0.15, 0.2) is 33.9 Å². The molecule has 0 saturated heterocycles.